The van der Waals surface area contributed by atoms with Crippen LogP contribution in [-0.2, 0) is 14.3 Å². The van der Waals surface area contributed by atoms with Crippen molar-refractivity contribution in [2.24, 2.45) is 28.6 Å². The minimum Gasteiger partial charge on any atom is -0.381 e. The number of carbonyl (C=O) groups excluding carboxylic acids is 2. The third-order valence-electron chi connectivity index (χ3n) is 9.26. The van der Waals surface area contributed by atoms with Crippen LogP contribution in [0.4, 0.5) is 0 Å². The zero-order valence-corrected chi connectivity index (χ0v) is 16.7. The van der Waals surface area contributed by atoms with E-state index in [-0.39, 0.29) is 40.5 Å². The van der Waals surface area contributed by atoms with E-state index in [1.54, 1.807) is 6.08 Å². The number of fused-ring (bicyclic) bond motifs is 3. The quantitative estimate of drug-likeness (QED) is 0.757. The van der Waals surface area contributed by atoms with Crippen molar-refractivity contribution in [3.8, 4) is 0 Å². The predicted octanol–water partition coefficient (Wildman–Crippen LogP) is 3.38. The van der Waals surface area contributed by atoms with Gasteiger partial charge in [-0.15, -0.1) is 0 Å². The molecule has 0 aromatic heterocycles. The number of hydrogen-bond acceptors (Lipinski definition) is 4. The summed E-state index contributed by atoms with van der Waals surface area (Å²) in [5.74, 6) is 0.632. The van der Waals surface area contributed by atoms with Gasteiger partial charge in [0, 0.05) is 17.3 Å². The number of epoxide rings is 1. The van der Waals surface area contributed by atoms with Crippen molar-refractivity contribution in [1.29, 1.82) is 0 Å². The average Bonchev–Trinajstić information content (AvgIpc) is 3.31. The minimum atomic E-state index is -1.25. The highest BCUT2D eigenvalue weighted by Gasteiger charge is 2.81. The van der Waals surface area contributed by atoms with E-state index < -0.39 is 11.0 Å². The molecule has 5 rings (SSSR count). The summed E-state index contributed by atoms with van der Waals surface area (Å²) in [6, 6.07) is 0. The van der Waals surface area contributed by atoms with E-state index in [2.05, 4.69) is 19.9 Å². The normalized spacial score (nSPS) is 55.1. The maximum atomic E-state index is 12.9. The Morgan fingerprint density at radius 2 is 2.07 bits per heavy atom. The van der Waals surface area contributed by atoms with Crippen LogP contribution in [0.5, 0.6) is 0 Å². The van der Waals surface area contributed by atoms with Crippen LogP contribution in [-0.4, -0.2) is 34.0 Å². The number of ketones is 2. The first kappa shape index (κ1) is 17.8. The Morgan fingerprint density at radius 3 is 2.78 bits per heavy atom. The van der Waals surface area contributed by atoms with E-state index in [1.165, 1.54) is 5.57 Å². The fraction of sp³-hybridized carbons (Fsp3) is 0.739. The first-order valence-electron chi connectivity index (χ1n) is 10.5. The van der Waals surface area contributed by atoms with E-state index in [4.69, 9.17) is 4.74 Å². The zero-order valence-electron chi connectivity index (χ0n) is 16.7. The smallest absolute Gasteiger partial charge is 0.178 e. The van der Waals surface area contributed by atoms with Crippen LogP contribution >= 0.6 is 0 Å². The topological polar surface area (TPSA) is 66.9 Å². The minimum absolute atomic E-state index is 0.0149. The van der Waals surface area contributed by atoms with E-state index >= 15 is 0 Å². The summed E-state index contributed by atoms with van der Waals surface area (Å²) in [5, 5.41) is 11.7. The highest BCUT2D eigenvalue weighted by atomic mass is 16.6. The molecular formula is C23H30O4. The number of allylic oxidation sites excluding steroid dienone is 2. The molecule has 1 spiro atoms. The van der Waals surface area contributed by atoms with Crippen LogP contribution in [0.15, 0.2) is 23.8 Å². The molecule has 1 heterocycles. The van der Waals surface area contributed by atoms with Gasteiger partial charge in [-0.1, -0.05) is 32.4 Å². The second-order valence-corrected chi connectivity index (χ2v) is 10.1. The summed E-state index contributed by atoms with van der Waals surface area (Å²) in [7, 11) is 0. The SMILES string of the molecule is CCC(=O)[C@@]1(O)[C@H](C)CC2C3CCC4=CC(=O)C=C[C@]4(C)[C@]34O[C@@H]4C[C@@]21C. The van der Waals surface area contributed by atoms with Gasteiger partial charge in [-0.05, 0) is 62.5 Å². The molecule has 1 aliphatic heterocycles. The Balaban J connectivity index is 1.60. The van der Waals surface area contributed by atoms with E-state index in [9.17, 15) is 14.7 Å². The van der Waals surface area contributed by atoms with Crippen molar-refractivity contribution < 1.29 is 19.4 Å². The summed E-state index contributed by atoms with van der Waals surface area (Å²) in [6.07, 6.45) is 9.48. The molecule has 0 amide bonds. The summed E-state index contributed by atoms with van der Waals surface area (Å²) in [4.78, 5) is 24.8. The zero-order chi connectivity index (χ0) is 19.4. The predicted molar refractivity (Wildman–Crippen MR) is 101 cm³/mol. The third-order valence-corrected chi connectivity index (χ3v) is 9.26. The molecule has 0 aromatic rings. The van der Waals surface area contributed by atoms with E-state index in [0.717, 1.165) is 25.7 Å². The van der Waals surface area contributed by atoms with Crippen LogP contribution in [0, 0.1) is 28.6 Å². The van der Waals surface area contributed by atoms with Crippen LogP contribution in [0.2, 0.25) is 0 Å². The fourth-order valence-electron chi connectivity index (χ4n) is 7.85. The summed E-state index contributed by atoms with van der Waals surface area (Å²) < 4.78 is 6.49. The molecule has 5 aliphatic rings. The Hall–Kier alpha value is -1.26. The molecule has 8 atom stereocenters. The molecule has 0 bridgehead atoms. The number of ether oxygens (including phenoxy) is 1. The van der Waals surface area contributed by atoms with Gasteiger partial charge >= 0.3 is 0 Å². The molecule has 4 heteroatoms. The molecule has 27 heavy (non-hydrogen) atoms. The number of Topliss-reactive ketones (excluding diaryl/α,β-unsaturated/α-hetero) is 1. The fourth-order valence-corrected chi connectivity index (χ4v) is 7.85. The Kier molecular flexibility index (Phi) is 3.31. The van der Waals surface area contributed by atoms with Crippen LogP contribution in [0.1, 0.15) is 59.8 Å². The molecular weight excluding hydrogens is 340 g/mol. The molecule has 4 nitrogen and oxygen atoms in total. The lowest BCUT2D eigenvalue weighted by Gasteiger charge is -2.55. The van der Waals surface area contributed by atoms with Gasteiger partial charge < -0.3 is 9.84 Å². The lowest BCUT2D eigenvalue weighted by molar-refractivity contribution is -0.162. The number of rotatable bonds is 2. The molecule has 0 aromatic carbocycles. The van der Waals surface area contributed by atoms with Gasteiger partial charge in [0.25, 0.3) is 0 Å². The first-order chi connectivity index (χ1) is 12.6. The lowest BCUT2D eigenvalue weighted by Crippen LogP contribution is -2.61. The molecule has 3 saturated carbocycles. The van der Waals surface area contributed by atoms with Gasteiger partial charge in [0.05, 0.1) is 6.10 Å². The third kappa shape index (κ3) is 1.74. The van der Waals surface area contributed by atoms with Gasteiger partial charge in [0.2, 0.25) is 0 Å². The molecule has 0 radical (unpaired) electrons. The van der Waals surface area contributed by atoms with Gasteiger partial charge in [-0.2, -0.15) is 0 Å². The molecule has 4 aliphatic carbocycles. The number of carbonyl (C=O) groups is 2. The lowest BCUT2D eigenvalue weighted by atomic mass is 9.46. The Morgan fingerprint density at radius 1 is 1.33 bits per heavy atom. The van der Waals surface area contributed by atoms with Crippen molar-refractivity contribution in [3.63, 3.8) is 0 Å². The van der Waals surface area contributed by atoms with Crippen LogP contribution < -0.4 is 0 Å². The second kappa shape index (κ2) is 5.01. The molecule has 4 fully saturated rings. The maximum absolute atomic E-state index is 12.9. The first-order valence-corrected chi connectivity index (χ1v) is 10.5. The van der Waals surface area contributed by atoms with Crippen molar-refractivity contribution in [2.45, 2.75) is 77.1 Å². The Labute approximate surface area is 161 Å². The van der Waals surface area contributed by atoms with Gasteiger partial charge in [-0.3, -0.25) is 9.59 Å². The van der Waals surface area contributed by atoms with Crippen LogP contribution in [0.3, 0.4) is 0 Å². The molecule has 1 saturated heterocycles. The van der Waals surface area contributed by atoms with Crippen molar-refractivity contribution in [3.05, 3.63) is 23.8 Å². The highest BCUT2D eigenvalue weighted by molar-refractivity contribution is 6.01. The summed E-state index contributed by atoms with van der Waals surface area (Å²) >= 11 is 0. The number of aliphatic hydroxyl groups is 1. The standard InChI is InChI=1S/C23H30O4/c1-5-18(25)22(26)13(2)10-17-16-7-6-14-11-15(24)8-9-20(14,3)23(16)19(27-23)12-21(17,22)4/h8-9,11,13,16-17,19,26H,5-7,10,12H2,1-4H3/t13-,16?,17?,19-,20+,21+,22+,23+/m1/s1. The van der Waals surface area contributed by atoms with E-state index in [0.29, 0.717) is 12.3 Å². The van der Waals surface area contributed by atoms with Gasteiger partial charge in [-0.25, -0.2) is 0 Å². The monoisotopic (exact) mass is 370 g/mol. The number of hydrogen-bond donors (Lipinski definition) is 1. The van der Waals surface area contributed by atoms with Crippen molar-refractivity contribution in [2.75, 3.05) is 0 Å². The van der Waals surface area contributed by atoms with Gasteiger partial charge in [0.15, 0.2) is 11.6 Å². The Bertz CT molecular complexity index is 811. The van der Waals surface area contributed by atoms with Crippen LogP contribution in [0.25, 0.3) is 0 Å². The van der Waals surface area contributed by atoms with E-state index in [1.807, 2.05) is 19.9 Å². The maximum Gasteiger partial charge on any atom is 0.178 e. The van der Waals surface area contributed by atoms with Crippen molar-refractivity contribution >= 4 is 11.6 Å². The summed E-state index contributed by atoms with van der Waals surface area (Å²) in [5.41, 5.74) is -0.989. The molecule has 2 unspecified atom stereocenters. The summed E-state index contributed by atoms with van der Waals surface area (Å²) in [6.45, 7) is 8.25. The largest absolute Gasteiger partial charge is 0.381 e. The molecule has 1 N–H and O–H groups in total. The van der Waals surface area contributed by atoms with Crippen molar-refractivity contribution in [1.82, 2.24) is 0 Å². The average molecular weight is 370 g/mol. The second-order valence-electron chi connectivity index (χ2n) is 10.1. The highest BCUT2D eigenvalue weighted by Crippen LogP contribution is 2.76. The molecule has 146 valence electrons. The van der Waals surface area contributed by atoms with Gasteiger partial charge in [0.1, 0.15) is 11.2 Å².